The summed E-state index contributed by atoms with van der Waals surface area (Å²) in [5.41, 5.74) is 3.69. The van der Waals surface area contributed by atoms with Crippen LogP contribution in [0.2, 0.25) is 0 Å². The molecule has 3 aromatic rings. The third-order valence-corrected chi connectivity index (χ3v) is 4.50. The predicted octanol–water partition coefficient (Wildman–Crippen LogP) is 4.90. The van der Waals surface area contributed by atoms with Gasteiger partial charge in [-0.3, -0.25) is 4.79 Å². The average molecular weight is 370 g/mol. The molecule has 0 radical (unpaired) electrons. The van der Waals surface area contributed by atoms with Crippen LogP contribution in [0.1, 0.15) is 28.4 Å². The first-order chi connectivity index (χ1) is 13.6. The molecule has 4 heteroatoms. The molecule has 0 spiro atoms. The smallest absolute Gasteiger partial charge is 0.254 e. The van der Waals surface area contributed by atoms with E-state index in [1.807, 2.05) is 67.6 Å². The van der Waals surface area contributed by atoms with Gasteiger partial charge in [-0.1, -0.05) is 48.5 Å². The molecule has 0 aromatic heterocycles. The highest BCUT2D eigenvalue weighted by molar-refractivity contribution is 6.01. The van der Waals surface area contributed by atoms with Crippen molar-refractivity contribution in [2.24, 2.45) is 0 Å². The van der Waals surface area contributed by atoms with Crippen LogP contribution in [0.25, 0.3) is 11.1 Å². The van der Waals surface area contributed by atoms with Crippen molar-refractivity contribution in [2.45, 2.75) is 13.5 Å². The van der Waals surface area contributed by atoms with Crippen molar-refractivity contribution in [3.05, 3.63) is 89.5 Å². The van der Waals surface area contributed by atoms with Gasteiger partial charge in [0, 0.05) is 24.7 Å². The van der Waals surface area contributed by atoms with Gasteiger partial charge >= 0.3 is 0 Å². The minimum absolute atomic E-state index is 0.0859. The lowest BCUT2D eigenvalue weighted by Crippen LogP contribution is -2.26. The van der Waals surface area contributed by atoms with Gasteiger partial charge in [-0.25, -0.2) is 0 Å². The molecule has 140 valence electrons. The molecule has 3 aromatic carbocycles. The molecule has 0 fully saturated rings. The minimum atomic E-state index is -0.0859. The molecular formula is C24H22N2O2. The molecule has 0 unspecified atom stereocenters. The zero-order valence-corrected chi connectivity index (χ0v) is 16.1. The Labute approximate surface area is 165 Å². The molecule has 0 atom stereocenters. The molecule has 4 nitrogen and oxygen atoms in total. The number of benzene rings is 3. The zero-order valence-electron chi connectivity index (χ0n) is 16.1. The number of carbonyl (C=O) groups is 1. The summed E-state index contributed by atoms with van der Waals surface area (Å²) in [7, 11) is 1.78. The van der Waals surface area contributed by atoms with Gasteiger partial charge in [0.25, 0.3) is 5.91 Å². The summed E-state index contributed by atoms with van der Waals surface area (Å²) >= 11 is 0. The Hall–Kier alpha value is -3.58. The lowest BCUT2D eigenvalue weighted by molar-refractivity contribution is 0.0786. The van der Waals surface area contributed by atoms with Crippen molar-refractivity contribution in [3.8, 4) is 22.9 Å². The first-order valence-corrected chi connectivity index (χ1v) is 9.19. The van der Waals surface area contributed by atoms with E-state index in [0.717, 1.165) is 22.4 Å². The van der Waals surface area contributed by atoms with Crippen LogP contribution in [-0.4, -0.2) is 24.5 Å². The zero-order chi connectivity index (χ0) is 19.9. The molecule has 0 saturated carbocycles. The van der Waals surface area contributed by atoms with Crippen LogP contribution in [0.4, 0.5) is 0 Å². The van der Waals surface area contributed by atoms with Crippen LogP contribution in [0, 0.1) is 11.3 Å². The van der Waals surface area contributed by atoms with Crippen LogP contribution in [0.5, 0.6) is 5.75 Å². The van der Waals surface area contributed by atoms with Gasteiger partial charge in [0.15, 0.2) is 0 Å². The van der Waals surface area contributed by atoms with E-state index in [1.165, 1.54) is 0 Å². The Balaban J connectivity index is 1.85. The fraction of sp³-hybridized carbons (Fsp3) is 0.167. The van der Waals surface area contributed by atoms with Crippen LogP contribution in [0.15, 0.2) is 72.8 Å². The lowest BCUT2D eigenvalue weighted by Gasteiger charge is -2.20. The van der Waals surface area contributed by atoms with Gasteiger partial charge in [-0.2, -0.15) is 5.26 Å². The predicted molar refractivity (Wildman–Crippen MR) is 110 cm³/mol. The van der Waals surface area contributed by atoms with Crippen molar-refractivity contribution in [3.63, 3.8) is 0 Å². The summed E-state index contributed by atoms with van der Waals surface area (Å²) in [5.74, 6) is 0.732. The SMILES string of the molecule is CCOc1ccc(CN(C)C(=O)c2ccccc2-c2ccccc2C#N)cc1. The summed E-state index contributed by atoms with van der Waals surface area (Å²) in [4.78, 5) is 14.8. The molecule has 0 bridgehead atoms. The molecule has 1 amide bonds. The first-order valence-electron chi connectivity index (χ1n) is 9.19. The van der Waals surface area contributed by atoms with E-state index in [2.05, 4.69) is 6.07 Å². The van der Waals surface area contributed by atoms with Crippen molar-refractivity contribution in [2.75, 3.05) is 13.7 Å². The third kappa shape index (κ3) is 4.21. The van der Waals surface area contributed by atoms with E-state index in [-0.39, 0.29) is 5.91 Å². The molecule has 0 saturated heterocycles. The summed E-state index contributed by atoms with van der Waals surface area (Å²) in [6.07, 6.45) is 0. The summed E-state index contributed by atoms with van der Waals surface area (Å²) in [5, 5.41) is 9.42. The number of hydrogen-bond donors (Lipinski definition) is 0. The number of amides is 1. The third-order valence-electron chi connectivity index (χ3n) is 4.50. The van der Waals surface area contributed by atoms with E-state index in [4.69, 9.17) is 4.74 Å². The van der Waals surface area contributed by atoms with Gasteiger partial charge < -0.3 is 9.64 Å². The van der Waals surface area contributed by atoms with Gasteiger partial charge in [0.1, 0.15) is 5.75 Å². The van der Waals surface area contributed by atoms with Crippen LogP contribution in [0.3, 0.4) is 0 Å². The second kappa shape index (κ2) is 8.88. The number of rotatable bonds is 6. The Morgan fingerprint density at radius 3 is 2.29 bits per heavy atom. The van der Waals surface area contributed by atoms with Crippen molar-refractivity contribution >= 4 is 5.91 Å². The molecule has 28 heavy (non-hydrogen) atoms. The maximum absolute atomic E-state index is 13.1. The van der Waals surface area contributed by atoms with Gasteiger partial charge in [0.2, 0.25) is 0 Å². The average Bonchev–Trinajstić information content (AvgIpc) is 2.74. The Bertz CT molecular complexity index is 1000. The Morgan fingerprint density at radius 2 is 1.61 bits per heavy atom. The summed E-state index contributed by atoms with van der Waals surface area (Å²) < 4.78 is 5.46. The maximum atomic E-state index is 13.1. The molecular weight excluding hydrogens is 348 g/mol. The standard InChI is InChI=1S/C24H22N2O2/c1-3-28-20-14-12-18(13-15-20)17-26(2)24(27)23-11-7-6-10-22(23)21-9-5-4-8-19(21)16-25/h4-15H,3,17H2,1-2H3. The summed E-state index contributed by atoms with van der Waals surface area (Å²) in [6.45, 7) is 3.06. The highest BCUT2D eigenvalue weighted by Crippen LogP contribution is 2.28. The van der Waals surface area contributed by atoms with Gasteiger partial charge in [0.05, 0.1) is 18.2 Å². The number of hydrogen-bond acceptors (Lipinski definition) is 3. The number of carbonyl (C=O) groups excluding carboxylic acids is 1. The van der Waals surface area contributed by atoms with Gasteiger partial charge in [-0.05, 0) is 42.3 Å². The Kier molecular flexibility index (Phi) is 6.08. The minimum Gasteiger partial charge on any atom is -0.494 e. The van der Waals surface area contributed by atoms with Crippen molar-refractivity contribution < 1.29 is 9.53 Å². The fourth-order valence-corrected chi connectivity index (χ4v) is 3.13. The number of ether oxygens (including phenoxy) is 1. The van der Waals surface area contributed by atoms with Crippen LogP contribution >= 0.6 is 0 Å². The van der Waals surface area contributed by atoms with Crippen LogP contribution in [-0.2, 0) is 6.54 Å². The molecule has 0 aliphatic rings. The molecule has 0 aliphatic heterocycles. The normalized spacial score (nSPS) is 10.2. The topological polar surface area (TPSA) is 53.3 Å². The molecule has 3 rings (SSSR count). The largest absolute Gasteiger partial charge is 0.494 e. The second-order valence-electron chi connectivity index (χ2n) is 6.44. The monoisotopic (exact) mass is 370 g/mol. The highest BCUT2D eigenvalue weighted by Gasteiger charge is 2.18. The highest BCUT2D eigenvalue weighted by atomic mass is 16.5. The molecule has 0 heterocycles. The summed E-state index contributed by atoms with van der Waals surface area (Å²) in [6, 6.07) is 24.7. The lowest BCUT2D eigenvalue weighted by atomic mass is 9.95. The molecule has 0 N–H and O–H groups in total. The second-order valence-corrected chi connectivity index (χ2v) is 6.44. The van der Waals surface area contributed by atoms with E-state index in [0.29, 0.717) is 24.3 Å². The Morgan fingerprint density at radius 1 is 0.964 bits per heavy atom. The van der Waals surface area contributed by atoms with E-state index in [1.54, 1.807) is 24.1 Å². The number of nitrogens with zero attached hydrogens (tertiary/aromatic N) is 2. The van der Waals surface area contributed by atoms with E-state index < -0.39 is 0 Å². The fourth-order valence-electron chi connectivity index (χ4n) is 3.13. The first kappa shape index (κ1) is 19.2. The van der Waals surface area contributed by atoms with Gasteiger partial charge in [-0.15, -0.1) is 0 Å². The molecule has 0 aliphatic carbocycles. The van der Waals surface area contributed by atoms with E-state index >= 15 is 0 Å². The van der Waals surface area contributed by atoms with E-state index in [9.17, 15) is 10.1 Å². The quantitative estimate of drug-likeness (QED) is 0.620. The van der Waals surface area contributed by atoms with Crippen molar-refractivity contribution in [1.82, 2.24) is 4.90 Å². The number of nitriles is 1. The van der Waals surface area contributed by atoms with Crippen molar-refractivity contribution in [1.29, 1.82) is 5.26 Å². The maximum Gasteiger partial charge on any atom is 0.254 e. The van der Waals surface area contributed by atoms with Crippen LogP contribution < -0.4 is 4.74 Å².